The second kappa shape index (κ2) is 5.86. The summed E-state index contributed by atoms with van der Waals surface area (Å²) in [6, 6.07) is 0. The molecule has 0 fully saturated rings. The molecule has 0 aliphatic rings. The van der Waals surface area contributed by atoms with Gasteiger partial charge in [-0.15, -0.1) is 11.6 Å². The first kappa shape index (κ1) is 13.2. The van der Waals surface area contributed by atoms with Gasteiger partial charge in [0.1, 0.15) is 0 Å². The van der Waals surface area contributed by atoms with E-state index in [1.165, 1.54) is 6.92 Å². The van der Waals surface area contributed by atoms with Gasteiger partial charge in [-0.25, -0.2) is 0 Å². The first-order chi connectivity index (χ1) is 6.40. The Morgan fingerprint density at radius 2 is 1.71 bits per heavy atom. The van der Waals surface area contributed by atoms with Gasteiger partial charge < -0.3 is 10.6 Å². The predicted molar refractivity (Wildman–Crippen MR) is 56.2 cm³/mol. The molecule has 14 heavy (non-hydrogen) atoms. The van der Waals surface area contributed by atoms with E-state index >= 15 is 0 Å². The number of amides is 2. The molecule has 0 saturated heterocycles. The Morgan fingerprint density at radius 1 is 1.21 bits per heavy atom. The minimum Gasteiger partial charge on any atom is -0.355 e. The Morgan fingerprint density at radius 3 is 2.14 bits per heavy atom. The van der Waals surface area contributed by atoms with E-state index in [0.717, 1.165) is 0 Å². The second-order valence-corrected chi connectivity index (χ2v) is 4.02. The van der Waals surface area contributed by atoms with Crippen LogP contribution < -0.4 is 10.6 Å². The van der Waals surface area contributed by atoms with E-state index in [0.29, 0.717) is 13.1 Å². The maximum absolute atomic E-state index is 11.4. The molecule has 0 aliphatic heterocycles. The van der Waals surface area contributed by atoms with Crippen molar-refractivity contribution in [2.45, 2.75) is 20.8 Å². The summed E-state index contributed by atoms with van der Waals surface area (Å²) in [6.45, 7) is 5.85. The Bertz CT molecular complexity index is 217. The van der Waals surface area contributed by atoms with Gasteiger partial charge in [0.2, 0.25) is 11.8 Å². The highest BCUT2D eigenvalue weighted by Crippen LogP contribution is 2.16. The van der Waals surface area contributed by atoms with Crippen LogP contribution in [0.15, 0.2) is 0 Å². The summed E-state index contributed by atoms with van der Waals surface area (Å²) in [7, 11) is 0. The van der Waals surface area contributed by atoms with Crippen LogP contribution in [0, 0.1) is 5.41 Å². The lowest BCUT2D eigenvalue weighted by Crippen LogP contribution is -2.41. The maximum Gasteiger partial charge on any atom is 0.226 e. The standard InChI is InChI=1S/C9H17ClN2O2/c1-7(13)11-4-5-12-8(14)9(2,3)6-10/h4-6H2,1-3H3,(H,11,13)(H,12,14). The van der Waals surface area contributed by atoms with Crippen molar-refractivity contribution < 1.29 is 9.59 Å². The largest absolute Gasteiger partial charge is 0.355 e. The monoisotopic (exact) mass is 220 g/mol. The summed E-state index contributed by atoms with van der Waals surface area (Å²) in [5, 5.41) is 5.27. The van der Waals surface area contributed by atoms with Crippen molar-refractivity contribution in [1.29, 1.82) is 0 Å². The van der Waals surface area contributed by atoms with Gasteiger partial charge in [-0.1, -0.05) is 0 Å². The first-order valence-corrected chi connectivity index (χ1v) is 5.02. The molecule has 0 aromatic carbocycles. The molecular formula is C9H17ClN2O2. The predicted octanol–water partition coefficient (Wildman–Crippen LogP) is 0.504. The van der Waals surface area contributed by atoms with Crippen molar-refractivity contribution in [2.24, 2.45) is 5.41 Å². The molecule has 0 heterocycles. The Balaban J connectivity index is 3.70. The van der Waals surface area contributed by atoms with Crippen LogP contribution in [0.4, 0.5) is 0 Å². The molecule has 0 aliphatic carbocycles. The van der Waals surface area contributed by atoms with Crippen LogP contribution in [-0.2, 0) is 9.59 Å². The van der Waals surface area contributed by atoms with Gasteiger partial charge in [0.15, 0.2) is 0 Å². The normalized spacial score (nSPS) is 10.9. The topological polar surface area (TPSA) is 58.2 Å². The van der Waals surface area contributed by atoms with Crippen molar-refractivity contribution in [1.82, 2.24) is 10.6 Å². The molecule has 0 atom stereocenters. The van der Waals surface area contributed by atoms with E-state index in [-0.39, 0.29) is 17.7 Å². The average Bonchev–Trinajstić information content (AvgIpc) is 2.11. The van der Waals surface area contributed by atoms with Gasteiger partial charge in [0.05, 0.1) is 5.41 Å². The third-order valence-corrected chi connectivity index (χ3v) is 2.40. The molecule has 0 spiro atoms. The second-order valence-electron chi connectivity index (χ2n) is 3.76. The highest BCUT2D eigenvalue weighted by Gasteiger charge is 2.25. The molecule has 0 aromatic heterocycles. The first-order valence-electron chi connectivity index (χ1n) is 4.49. The molecule has 4 nitrogen and oxygen atoms in total. The number of halogens is 1. The van der Waals surface area contributed by atoms with E-state index in [9.17, 15) is 9.59 Å². The van der Waals surface area contributed by atoms with E-state index in [4.69, 9.17) is 11.6 Å². The number of carbonyl (C=O) groups is 2. The van der Waals surface area contributed by atoms with Crippen molar-refractivity contribution in [2.75, 3.05) is 19.0 Å². The lowest BCUT2D eigenvalue weighted by atomic mass is 9.95. The molecule has 2 amide bonds. The summed E-state index contributed by atoms with van der Waals surface area (Å²) >= 11 is 5.62. The third kappa shape index (κ3) is 5.07. The Hall–Kier alpha value is -0.770. The summed E-state index contributed by atoms with van der Waals surface area (Å²) in [6.07, 6.45) is 0. The van der Waals surface area contributed by atoms with Gasteiger partial charge in [-0.2, -0.15) is 0 Å². The molecule has 0 bridgehead atoms. The minimum absolute atomic E-state index is 0.0992. The summed E-state index contributed by atoms with van der Waals surface area (Å²) in [5.41, 5.74) is -0.558. The number of alkyl halides is 1. The number of rotatable bonds is 5. The maximum atomic E-state index is 11.4. The van der Waals surface area contributed by atoms with Crippen LogP contribution in [0.5, 0.6) is 0 Å². The zero-order valence-electron chi connectivity index (χ0n) is 8.82. The van der Waals surface area contributed by atoms with E-state index in [1.807, 2.05) is 0 Å². The average molecular weight is 221 g/mol. The highest BCUT2D eigenvalue weighted by molar-refractivity contribution is 6.19. The molecule has 2 N–H and O–H groups in total. The van der Waals surface area contributed by atoms with Crippen LogP contribution in [0.3, 0.4) is 0 Å². The fourth-order valence-electron chi connectivity index (χ4n) is 0.715. The van der Waals surface area contributed by atoms with Crippen LogP contribution in [0.1, 0.15) is 20.8 Å². The minimum atomic E-state index is -0.558. The summed E-state index contributed by atoms with van der Waals surface area (Å²) in [5.74, 6) is 0.0765. The fraction of sp³-hybridized carbons (Fsp3) is 0.778. The number of nitrogens with one attached hydrogen (secondary N) is 2. The smallest absolute Gasteiger partial charge is 0.226 e. The molecule has 0 unspecified atom stereocenters. The van der Waals surface area contributed by atoms with Crippen LogP contribution in [-0.4, -0.2) is 30.8 Å². The number of carbonyl (C=O) groups excluding carboxylic acids is 2. The van der Waals surface area contributed by atoms with E-state index < -0.39 is 5.41 Å². The molecule has 0 radical (unpaired) electrons. The van der Waals surface area contributed by atoms with Gasteiger partial charge in [-0.3, -0.25) is 9.59 Å². The van der Waals surface area contributed by atoms with E-state index in [1.54, 1.807) is 13.8 Å². The number of hydrogen-bond donors (Lipinski definition) is 2. The van der Waals surface area contributed by atoms with Crippen molar-refractivity contribution in [3.63, 3.8) is 0 Å². The van der Waals surface area contributed by atoms with Crippen LogP contribution in [0.2, 0.25) is 0 Å². The van der Waals surface area contributed by atoms with Gasteiger partial charge in [0, 0.05) is 25.9 Å². The Labute approximate surface area is 89.4 Å². The quantitative estimate of drug-likeness (QED) is 0.524. The van der Waals surface area contributed by atoms with Gasteiger partial charge in [0.25, 0.3) is 0 Å². The molecule has 0 rings (SSSR count). The van der Waals surface area contributed by atoms with Crippen molar-refractivity contribution in [3.05, 3.63) is 0 Å². The molecule has 5 heteroatoms. The summed E-state index contributed by atoms with van der Waals surface area (Å²) < 4.78 is 0. The van der Waals surface area contributed by atoms with Crippen molar-refractivity contribution in [3.8, 4) is 0 Å². The van der Waals surface area contributed by atoms with Crippen LogP contribution in [0.25, 0.3) is 0 Å². The number of hydrogen-bond acceptors (Lipinski definition) is 2. The molecular weight excluding hydrogens is 204 g/mol. The molecule has 0 aromatic rings. The molecule has 0 saturated carbocycles. The zero-order chi connectivity index (χ0) is 11.2. The summed E-state index contributed by atoms with van der Waals surface area (Å²) in [4.78, 5) is 21.9. The van der Waals surface area contributed by atoms with E-state index in [2.05, 4.69) is 10.6 Å². The van der Waals surface area contributed by atoms with Crippen molar-refractivity contribution >= 4 is 23.4 Å². The van der Waals surface area contributed by atoms with Gasteiger partial charge >= 0.3 is 0 Å². The Kier molecular flexibility index (Phi) is 5.53. The highest BCUT2D eigenvalue weighted by atomic mass is 35.5. The SMILES string of the molecule is CC(=O)NCCNC(=O)C(C)(C)CCl. The van der Waals surface area contributed by atoms with Gasteiger partial charge in [-0.05, 0) is 13.8 Å². The zero-order valence-corrected chi connectivity index (χ0v) is 9.57. The third-order valence-electron chi connectivity index (χ3n) is 1.73. The fourth-order valence-corrected chi connectivity index (χ4v) is 0.836. The lowest BCUT2D eigenvalue weighted by molar-refractivity contribution is -0.128. The molecule has 82 valence electrons. The lowest BCUT2D eigenvalue weighted by Gasteiger charge is -2.20. The van der Waals surface area contributed by atoms with Crippen LogP contribution >= 0.6 is 11.6 Å².